The molecule has 1 amide bonds. The molecule has 0 aromatic carbocycles. The molecule has 1 aromatic heterocycles. The Morgan fingerprint density at radius 1 is 1.45 bits per heavy atom. The van der Waals surface area contributed by atoms with Crippen LogP contribution in [0.15, 0.2) is 12.3 Å². The molecule has 0 saturated heterocycles. The maximum atomic E-state index is 12.0. The summed E-state index contributed by atoms with van der Waals surface area (Å²) in [6.07, 6.45) is 2.12. The highest BCUT2D eigenvalue weighted by molar-refractivity contribution is 6.31. The Kier molecular flexibility index (Phi) is 5.22. The molecule has 20 heavy (non-hydrogen) atoms. The Balaban J connectivity index is 2.66. The Hall–Kier alpha value is -1.49. The Morgan fingerprint density at radius 2 is 2.05 bits per heavy atom. The SMILES string of the molecule is Cn1cc(Cl)cc1C(=O)NCC(CC(C)(C)C)C(=O)O. The molecule has 1 heterocycles. The van der Waals surface area contributed by atoms with Crippen molar-refractivity contribution in [3.63, 3.8) is 0 Å². The van der Waals surface area contributed by atoms with Gasteiger partial charge < -0.3 is 15.0 Å². The normalized spacial score (nSPS) is 13.1. The first-order chi connectivity index (χ1) is 9.10. The lowest BCUT2D eigenvalue weighted by molar-refractivity contribution is -0.142. The molecule has 1 aromatic rings. The van der Waals surface area contributed by atoms with Crippen LogP contribution in [0, 0.1) is 11.3 Å². The summed E-state index contributed by atoms with van der Waals surface area (Å²) in [6, 6.07) is 1.55. The molecule has 0 spiro atoms. The van der Waals surface area contributed by atoms with Crippen LogP contribution in [0.25, 0.3) is 0 Å². The quantitative estimate of drug-likeness (QED) is 0.878. The molecule has 0 aliphatic heterocycles. The summed E-state index contributed by atoms with van der Waals surface area (Å²) in [5.41, 5.74) is 0.303. The molecule has 0 bridgehead atoms. The van der Waals surface area contributed by atoms with Crippen LogP contribution < -0.4 is 5.32 Å². The van der Waals surface area contributed by atoms with E-state index in [2.05, 4.69) is 5.32 Å². The van der Waals surface area contributed by atoms with Gasteiger partial charge in [0.25, 0.3) is 5.91 Å². The fraction of sp³-hybridized carbons (Fsp3) is 0.571. The molecule has 5 nitrogen and oxygen atoms in total. The standard InChI is InChI=1S/C14H21ClN2O3/c1-14(2,3)6-9(13(19)20)7-16-12(18)11-5-10(15)8-17(11)4/h5,8-9H,6-7H2,1-4H3,(H,16,18)(H,19,20). The zero-order chi connectivity index (χ0) is 15.5. The fourth-order valence-corrected chi connectivity index (χ4v) is 2.29. The Labute approximate surface area is 123 Å². The van der Waals surface area contributed by atoms with Crippen LogP contribution in [0.1, 0.15) is 37.7 Å². The summed E-state index contributed by atoms with van der Waals surface area (Å²) in [5, 5.41) is 12.3. The summed E-state index contributed by atoms with van der Waals surface area (Å²) in [4.78, 5) is 23.2. The second-order valence-corrected chi connectivity index (χ2v) is 6.60. The predicted molar refractivity (Wildman–Crippen MR) is 78.0 cm³/mol. The van der Waals surface area contributed by atoms with E-state index in [0.29, 0.717) is 17.1 Å². The molecule has 0 aliphatic carbocycles. The minimum atomic E-state index is -0.898. The lowest BCUT2D eigenvalue weighted by Gasteiger charge is -2.23. The largest absolute Gasteiger partial charge is 0.481 e. The van der Waals surface area contributed by atoms with Gasteiger partial charge in [-0.05, 0) is 17.9 Å². The molecule has 1 rings (SSSR count). The Bertz CT molecular complexity index is 503. The van der Waals surface area contributed by atoms with Crippen LogP contribution in [0.2, 0.25) is 5.02 Å². The highest BCUT2D eigenvalue weighted by Gasteiger charge is 2.25. The van der Waals surface area contributed by atoms with E-state index in [9.17, 15) is 14.7 Å². The zero-order valence-electron chi connectivity index (χ0n) is 12.2. The summed E-state index contributed by atoms with van der Waals surface area (Å²) in [6.45, 7) is 6.03. The molecule has 0 fully saturated rings. The van der Waals surface area contributed by atoms with E-state index in [1.54, 1.807) is 23.9 Å². The van der Waals surface area contributed by atoms with E-state index in [4.69, 9.17) is 11.6 Å². The van der Waals surface area contributed by atoms with E-state index >= 15 is 0 Å². The fourth-order valence-electron chi connectivity index (χ4n) is 2.04. The van der Waals surface area contributed by atoms with Gasteiger partial charge in [0.15, 0.2) is 0 Å². The van der Waals surface area contributed by atoms with Gasteiger partial charge in [0.2, 0.25) is 0 Å². The Morgan fingerprint density at radius 3 is 2.45 bits per heavy atom. The number of carboxylic acid groups (broad SMARTS) is 1. The van der Waals surface area contributed by atoms with E-state index in [1.807, 2.05) is 20.8 Å². The summed E-state index contributed by atoms with van der Waals surface area (Å²) < 4.78 is 1.61. The van der Waals surface area contributed by atoms with Crippen molar-refractivity contribution in [3.05, 3.63) is 23.0 Å². The number of halogens is 1. The van der Waals surface area contributed by atoms with Crippen LogP contribution in [0.5, 0.6) is 0 Å². The molecule has 1 atom stereocenters. The molecule has 0 saturated carbocycles. The lowest BCUT2D eigenvalue weighted by Crippen LogP contribution is -2.35. The first-order valence-corrected chi connectivity index (χ1v) is 6.81. The monoisotopic (exact) mass is 300 g/mol. The average molecular weight is 301 g/mol. The molecule has 0 aliphatic rings. The zero-order valence-corrected chi connectivity index (χ0v) is 13.0. The molecular formula is C14H21ClN2O3. The topological polar surface area (TPSA) is 71.3 Å². The van der Waals surface area contributed by atoms with Crippen molar-refractivity contribution in [1.82, 2.24) is 9.88 Å². The molecule has 6 heteroatoms. The third-order valence-corrected chi connectivity index (χ3v) is 3.13. The maximum absolute atomic E-state index is 12.0. The number of carbonyl (C=O) groups is 2. The third-order valence-electron chi connectivity index (χ3n) is 2.92. The minimum Gasteiger partial charge on any atom is -0.481 e. The number of hydrogen-bond donors (Lipinski definition) is 2. The number of aryl methyl sites for hydroxylation is 1. The number of carbonyl (C=O) groups excluding carboxylic acids is 1. The first-order valence-electron chi connectivity index (χ1n) is 6.43. The van der Waals surface area contributed by atoms with Gasteiger partial charge in [-0.25, -0.2) is 0 Å². The number of hydrogen-bond acceptors (Lipinski definition) is 2. The molecule has 1 unspecified atom stereocenters. The van der Waals surface area contributed by atoms with Gasteiger partial charge in [0.05, 0.1) is 10.9 Å². The van der Waals surface area contributed by atoms with Gasteiger partial charge in [0.1, 0.15) is 5.69 Å². The van der Waals surface area contributed by atoms with Crippen LogP contribution in [-0.2, 0) is 11.8 Å². The van der Waals surface area contributed by atoms with Crippen molar-refractivity contribution in [2.75, 3.05) is 6.54 Å². The van der Waals surface area contributed by atoms with Crippen LogP contribution in [0.4, 0.5) is 0 Å². The van der Waals surface area contributed by atoms with Crippen molar-refractivity contribution in [3.8, 4) is 0 Å². The van der Waals surface area contributed by atoms with E-state index in [-0.39, 0.29) is 17.9 Å². The smallest absolute Gasteiger partial charge is 0.308 e. The second kappa shape index (κ2) is 6.31. The van der Waals surface area contributed by atoms with E-state index in [0.717, 1.165) is 0 Å². The molecular weight excluding hydrogens is 280 g/mol. The van der Waals surface area contributed by atoms with Crippen molar-refractivity contribution in [2.24, 2.45) is 18.4 Å². The van der Waals surface area contributed by atoms with Crippen molar-refractivity contribution in [2.45, 2.75) is 27.2 Å². The number of carboxylic acids is 1. The van der Waals surface area contributed by atoms with Crippen molar-refractivity contribution < 1.29 is 14.7 Å². The number of rotatable bonds is 5. The molecule has 112 valence electrons. The van der Waals surface area contributed by atoms with E-state index in [1.165, 1.54) is 0 Å². The highest BCUT2D eigenvalue weighted by atomic mass is 35.5. The first kappa shape index (κ1) is 16.6. The van der Waals surface area contributed by atoms with Gasteiger partial charge >= 0.3 is 5.97 Å². The highest BCUT2D eigenvalue weighted by Crippen LogP contribution is 2.24. The van der Waals surface area contributed by atoms with Crippen LogP contribution in [-0.4, -0.2) is 28.1 Å². The summed E-state index contributed by atoms with van der Waals surface area (Å²) in [7, 11) is 1.71. The number of nitrogens with zero attached hydrogens (tertiary/aromatic N) is 1. The average Bonchev–Trinajstić information content (AvgIpc) is 2.61. The number of nitrogens with one attached hydrogen (secondary N) is 1. The van der Waals surface area contributed by atoms with Gasteiger partial charge in [-0.1, -0.05) is 32.4 Å². The summed E-state index contributed by atoms with van der Waals surface area (Å²) >= 11 is 5.82. The number of aliphatic carboxylic acids is 1. The number of amides is 1. The third kappa shape index (κ3) is 4.89. The van der Waals surface area contributed by atoms with Gasteiger partial charge in [-0.15, -0.1) is 0 Å². The van der Waals surface area contributed by atoms with E-state index < -0.39 is 11.9 Å². The van der Waals surface area contributed by atoms with Crippen molar-refractivity contribution >= 4 is 23.5 Å². The maximum Gasteiger partial charge on any atom is 0.308 e. The van der Waals surface area contributed by atoms with Gasteiger partial charge in [-0.2, -0.15) is 0 Å². The van der Waals surface area contributed by atoms with Crippen molar-refractivity contribution in [1.29, 1.82) is 0 Å². The second-order valence-electron chi connectivity index (χ2n) is 6.16. The number of aromatic nitrogens is 1. The predicted octanol–water partition coefficient (Wildman–Crippen LogP) is 2.55. The van der Waals surface area contributed by atoms with Gasteiger partial charge in [0, 0.05) is 19.8 Å². The van der Waals surface area contributed by atoms with Crippen LogP contribution in [0.3, 0.4) is 0 Å². The summed E-state index contributed by atoms with van der Waals surface area (Å²) in [5.74, 6) is -1.82. The lowest BCUT2D eigenvalue weighted by atomic mass is 9.84. The minimum absolute atomic E-state index is 0.105. The molecule has 0 radical (unpaired) electrons. The molecule has 2 N–H and O–H groups in total. The van der Waals surface area contributed by atoms with Gasteiger partial charge in [-0.3, -0.25) is 9.59 Å². The van der Waals surface area contributed by atoms with Crippen LogP contribution >= 0.6 is 11.6 Å².